The van der Waals surface area contributed by atoms with Crippen LogP contribution in [-0.4, -0.2) is 35.9 Å². The van der Waals surface area contributed by atoms with E-state index in [1.807, 2.05) is 0 Å². The van der Waals surface area contributed by atoms with Crippen LogP contribution in [0.2, 0.25) is 0 Å². The lowest BCUT2D eigenvalue weighted by atomic mass is 9.86. The van der Waals surface area contributed by atoms with Gasteiger partial charge in [-0.2, -0.15) is 11.8 Å². The number of hydrogen-bond donors (Lipinski definition) is 2. The number of hydrogen-bond acceptors (Lipinski definition) is 5. The van der Waals surface area contributed by atoms with E-state index in [0.29, 0.717) is 5.84 Å². The number of nitrogens with one attached hydrogen (secondary N) is 1. The minimum atomic E-state index is -0.555. The molecule has 0 radical (unpaired) electrons. The van der Waals surface area contributed by atoms with Gasteiger partial charge in [-0.3, -0.25) is 4.99 Å². The lowest BCUT2D eigenvalue weighted by molar-refractivity contribution is -0.150. The first-order valence-electron chi connectivity index (χ1n) is 8.55. The van der Waals surface area contributed by atoms with Gasteiger partial charge in [0.25, 0.3) is 0 Å². The Hall–Kier alpha value is -1.17. The van der Waals surface area contributed by atoms with Gasteiger partial charge < -0.3 is 15.8 Å². The Morgan fingerprint density at radius 2 is 2.13 bits per heavy atom. The zero-order chi connectivity index (χ0) is 16.7. The summed E-state index contributed by atoms with van der Waals surface area (Å²) in [6, 6.07) is 0. The minimum absolute atomic E-state index is 0.0919. The van der Waals surface area contributed by atoms with E-state index in [0.717, 1.165) is 68.7 Å². The van der Waals surface area contributed by atoms with E-state index < -0.39 is 5.54 Å². The summed E-state index contributed by atoms with van der Waals surface area (Å²) < 4.78 is 5.72. The van der Waals surface area contributed by atoms with Crippen molar-refractivity contribution in [2.45, 2.75) is 63.8 Å². The van der Waals surface area contributed by atoms with Crippen LogP contribution >= 0.6 is 11.8 Å². The Labute approximate surface area is 143 Å². The van der Waals surface area contributed by atoms with Crippen molar-refractivity contribution in [2.75, 3.05) is 18.6 Å². The summed E-state index contributed by atoms with van der Waals surface area (Å²) in [5.74, 6) is 2.36. The summed E-state index contributed by atoms with van der Waals surface area (Å²) in [4.78, 5) is 16.9. The molecule has 1 aliphatic heterocycles. The van der Waals surface area contributed by atoms with Gasteiger partial charge in [-0.15, -0.1) is 0 Å². The Morgan fingerprint density at radius 3 is 2.87 bits per heavy atom. The normalized spacial score (nSPS) is 25.0. The number of rotatable bonds is 8. The number of nitrogens with zero attached hydrogens (tertiary/aromatic N) is 1. The third kappa shape index (κ3) is 4.90. The molecule has 3 N–H and O–H groups in total. The van der Waals surface area contributed by atoms with Crippen molar-refractivity contribution in [3.05, 3.63) is 11.5 Å². The number of esters is 1. The summed E-state index contributed by atoms with van der Waals surface area (Å²) in [5, 5.41) is 3.58. The molecule has 0 aromatic carbocycles. The highest BCUT2D eigenvalue weighted by molar-refractivity contribution is 7.98. The van der Waals surface area contributed by atoms with Gasteiger partial charge in [-0.25, -0.2) is 4.79 Å². The molecule has 5 nitrogen and oxygen atoms in total. The maximum atomic E-state index is 12.7. The predicted molar refractivity (Wildman–Crippen MR) is 96.5 cm³/mol. The monoisotopic (exact) mass is 339 g/mol. The number of allylic oxidation sites excluding steroid dienone is 2. The molecular formula is C17H29N3O2S. The van der Waals surface area contributed by atoms with E-state index in [9.17, 15) is 4.79 Å². The molecular weight excluding hydrogens is 310 g/mol. The van der Waals surface area contributed by atoms with Crippen LogP contribution < -0.4 is 11.1 Å². The van der Waals surface area contributed by atoms with E-state index in [1.165, 1.54) is 6.42 Å². The van der Waals surface area contributed by atoms with E-state index >= 15 is 0 Å². The first-order chi connectivity index (χ1) is 11.1. The van der Waals surface area contributed by atoms with Crippen LogP contribution in [0.5, 0.6) is 0 Å². The fraction of sp³-hybridized carbons (Fsp3) is 0.765. The first kappa shape index (κ1) is 18.2. The van der Waals surface area contributed by atoms with Crippen LogP contribution in [0.3, 0.4) is 0 Å². The quantitative estimate of drug-likeness (QED) is 0.308. The van der Waals surface area contributed by atoms with E-state index in [2.05, 4.69) is 16.6 Å². The van der Waals surface area contributed by atoms with E-state index in [4.69, 9.17) is 10.5 Å². The third-order valence-corrected chi connectivity index (χ3v) is 5.13. The van der Waals surface area contributed by atoms with Gasteiger partial charge in [0.1, 0.15) is 11.3 Å². The number of carbonyl (C=O) groups excluding carboxylic acids is 1. The van der Waals surface area contributed by atoms with Gasteiger partial charge in [0.2, 0.25) is 0 Å². The van der Waals surface area contributed by atoms with Gasteiger partial charge in [-0.1, -0.05) is 0 Å². The molecule has 2 aliphatic rings. The second kappa shape index (κ2) is 8.62. The van der Waals surface area contributed by atoms with Crippen LogP contribution in [0, 0.1) is 0 Å². The molecule has 0 bridgehead atoms. The summed E-state index contributed by atoms with van der Waals surface area (Å²) in [6.45, 7) is 2.53. The highest BCUT2D eigenvalue weighted by Gasteiger charge is 2.44. The number of ether oxygens (including phenoxy) is 1. The van der Waals surface area contributed by atoms with Crippen molar-refractivity contribution in [3.8, 4) is 0 Å². The molecule has 2 rings (SSSR count). The highest BCUT2D eigenvalue weighted by atomic mass is 32.2. The standard InChI is InChI=1S/C17H29N3O2S/c1-13(18)19-11-6-5-9-17(10-12-23-2)16(21)22-15-8-4-3-7-14(15)20-17/h20H,3-12H2,1-2H3,(H2,18,19). The van der Waals surface area contributed by atoms with E-state index in [-0.39, 0.29) is 5.97 Å². The molecule has 0 saturated carbocycles. The predicted octanol–water partition coefficient (Wildman–Crippen LogP) is 2.96. The summed E-state index contributed by atoms with van der Waals surface area (Å²) in [7, 11) is 0. The Kier molecular flexibility index (Phi) is 6.81. The highest BCUT2D eigenvalue weighted by Crippen LogP contribution is 2.35. The Morgan fingerprint density at radius 1 is 1.35 bits per heavy atom. The molecule has 1 atom stereocenters. The minimum Gasteiger partial charge on any atom is -0.427 e. The topological polar surface area (TPSA) is 76.7 Å². The average Bonchev–Trinajstić information content (AvgIpc) is 2.53. The smallest absolute Gasteiger partial charge is 0.336 e. The maximum absolute atomic E-state index is 12.7. The number of aliphatic imine (C=N–C) groups is 1. The molecule has 0 aromatic heterocycles. The van der Waals surface area contributed by atoms with Crippen LogP contribution in [-0.2, 0) is 9.53 Å². The molecule has 23 heavy (non-hydrogen) atoms. The number of thioether (sulfide) groups is 1. The zero-order valence-corrected chi connectivity index (χ0v) is 15.1. The lowest BCUT2D eigenvalue weighted by Gasteiger charge is -2.40. The number of carbonyl (C=O) groups is 1. The number of unbranched alkanes of at least 4 members (excludes halogenated alkanes) is 1. The summed E-state index contributed by atoms with van der Waals surface area (Å²) in [5.41, 5.74) is 6.16. The summed E-state index contributed by atoms with van der Waals surface area (Å²) >= 11 is 1.77. The van der Waals surface area contributed by atoms with Gasteiger partial charge in [-0.05, 0) is 63.9 Å². The van der Waals surface area contributed by atoms with Crippen molar-refractivity contribution >= 4 is 23.6 Å². The van der Waals surface area contributed by atoms with E-state index in [1.54, 1.807) is 18.7 Å². The molecule has 0 spiro atoms. The van der Waals surface area contributed by atoms with Crippen molar-refractivity contribution in [3.63, 3.8) is 0 Å². The van der Waals surface area contributed by atoms with Gasteiger partial charge in [0.05, 0.1) is 11.5 Å². The SMILES string of the molecule is CSCCC1(CCCCN=C(C)N)NC2=C(CCCC2)OC1=O. The number of amidine groups is 1. The maximum Gasteiger partial charge on any atom is 0.336 e. The lowest BCUT2D eigenvalue weighted by Crippen LogP contribution is -2.56. The second-order valence-electron chi connectivity index (χ2n) is 6.43. The number of nitrogens with two attached hydrogens (primary N) is 1. The molecule has 0 fully saturated rings. The molecule has 1 heterocycles. The second-order valence-corrected chi connectivity index (χ2v) is 7.41. The fourth-order valence-corrected chi connectivity index (χ4v) is 3.75. The molecule has 130 valence electrons. The van der Waals surface area contributed by atoms with Gasteiger partial charge >= 0.3 is 5.97 Å². The molecule has 1 aliphatic carbocycles. The first-order valence-corrected chi connectivity index (χ1v) is 9.95. The van der Waals surface area contributed by atoms with Gasteiger partial charge in [0.15, 0.2) is 0 Å². The Balaban J connectivity index is 2.01. The molecule has 0 saturated heterocycles. The van der Waals surface area contributed by atoms with Crippen LogP contribution in [0.1, 0.15) is 58.3 Å². The van der Waals surface area contributed by atoms with Crippen LogP contribution in [0.15, 0.2) is 16.4 Å². The van der Waals surface area contributed by atoms with Crippen molar-refractivity contribution in [1.82, 2.24) is 5.32 Å². The average molecular weight is 340 g/mol. The van der Waals surface area contributed by atoms with Crippen molar-refractivity contribution < 1.29 is 9.53 Å². The largest absolute Gasteiger partial charge is 0.427 e. The van der Waals surface area contributed by atoms with Crippen LogP contribution in [0.25, 0.3) is 0 Å². The molecule has 0 amide bonds. The zero-order valence-electron chi connectivity index (χ0n) is 14.3. The molecule has 6 heteroatoms. The van der Waals surface area contributed by atoms with Crippen molar-refractivity contribution in [2.24, 2.45) is 10.7 Å². The fourth-order valence-electron chi connectivity index (χ4n) is 3.20. The van der Waals surface area contributed by atoms with Gasteiger partial charge in [0, 0.05) is 13.0 Å². The third-order valence-electron chi connectivity index (χ3n) is 4.52. The molecule has 0 aromatic rings. The van der Waals surface area contributed by atoms with Crippen molar-refractivity contribution in [1.29, 1.82) is 0 Å². The Bertz CT molecular complexity index is 486. The van der Waals surface area contributed by atoms with Crippen LogP contribution in [0.4, 0.5) is 0 Å². The summed E-state index contributed by atoms with van der Waals surface area (Å²) in [6.07, 6.45) is 9.73. The molecule has 1 unspecified atom stereocenters.